The van der Waals surface area contributed by atoms with Gasteiger partial charge < -0.3 is 19.4 Å². The highest BCUT2D eigenvalue weighted by molar-refractivity contribution is 5.98. The van der Waals surface area contributed by atoms with Gasteiger partial charge in [0.15, 0.2) is 5.76 Å². The number of carbonyl (C=O) groups is 3. The van der Waals surface area contributed by atoms with Crippen LogP contribution in [0.4, 0.5) is 0 Å². The summed E-state index contributed by atoms with van der Waals surface area (Å²) in [5.74, 6) is -0.394. The van der Waals surface area contributed by atoms with E-state index in [2.05, 4.69) is 5.32 Å². The molecule has 0 radical (unpaired) electrons. The zero-order chi connectivity index (χ0) is 22.9. The molecule has 1 spiro atoms. The minimum atomic E-state index is -0.938. The van der Waals surface area contributed by atoms with Crippen LogP contribution in [0.1, 0.15) is 54.5 Å². The van der Waals surface area contributed by atoms with Crippen LogP contribution in [0.5, 0.6) is 0 Å². The fourth-order valence-electron chi connectivity index (χ4n) is 4.35. The summed E-state index contributed by atoms with van der Waals surface area (Å²) in [5, 5.41) is 2.98. The molecule has 1 atom stereocenters. The molecule has 8 heteroatoms. The molecule has 2 fully saturated rings. The first-order valence-electron chi connectivity index (χ1n) is 10.9. The van der Waals surface area contributed by atoms with Crippen molar-refractivity contribution in [3.63, 3.8) is 0 Å². The van der Waals surface area contributed by atoms with E-state index in [1.54, 1.807) is 46.2 Å². The van der Waals surface area contributed by atoms with Crippen LogP contribution in [-0.2, 0) is 9.53 Å². The first-order chi connectivity index (χ1) is 15.2. The molecule has 32 heavy (non-hydrogen) atoms. The summed E-state index contributed by atoms with van der Waals surface area (Å²) >= 11 is 0. The van der Waals surface area contributed by atoms with Gasteiger partial charge >= 0.3 is 0 Å². The van der Waals surface area contributed by atoms with E-state index < -0.39 is 17.3 Å². The predicted molar refractivity (Wildman–Crippen MR) is 117 cm³/mol. The molecule has 2 saturated heterocycles. The number of furan rings is 1. The molecule has 1 aromatic heterocycles. The third-order valence-corrected chi connectivity index (χ3v) is 5.86. The molecule has 3 heterocycles. The van der Waals surface area contributed by atoms with Gasteiger partial charge in [-0.1, -0.05) is 18.2 Å². The minimum Gasteiger partial charge on any atom is -0.459 e. The lowest BCUT2D eigenvalue weighted by molar-refractivity contribution is -0.129. The van der Waals surface area contributed by atoms with Gasteiger partial charge in [-0.2, -0.15) is 0 Å². The maximum atomic E-state index is 13.6. The van der Waals surface area contributed by atoms with Crippen LogP contribution in [0.2, 0.25) is 0 Å². The SMILES string of the molecule is CC(C)(C)NC(=O)C1COC2(CCN(C(=O)c3ccco3)CC2)N1C(=O)c1ccccc1. The number of nitrogens with zero attached hydrogens (tertiary/aromatic N) is 2. The second-order valence-electron chi connectivity index (χ2n) is 9.32. The van der Waals surface area contributed by atoms with Crippen LogP contribution in [0.25, 0.3) is 0 Å². The van der Waals surface area contributed by atoms with Gasteiger partial charge in [0, 0.05) is 37.0 Å². The van der Waals surface area contributed by atoms with Gasteiger partial charge in [0.2, 0.25) is 5.91 Å². The van der Waals surface area contributed by atoms with E-state index in [4.69, 9.17) is 9.15 Å². The summed E-state index contributed by atoms with van der Waals surface area (Å²) in [6.45, 7) is 6.61. The van der Waals surface area contributed by atoms with Gasteiger partial charge in [0.25, 0.3) is 11.8 Å². The molecule has 1 unspecified atom stereocenters. The molecule has 4 rings (SSSR count). The van der Waals surface area contributed by atoms with E-state index in [1.165, 1.54) is 6.26 Å². The van der Waals surface area contributed by atoms with Crippen LogP contribution in [0, 0.1) is 0 Å². The van der Waals surface area contributed by atoms with Crippen molar-refractivity contribution in [2.75, 3.05) is 19.7 Å². The highest BCUT2D eigenvalue weighted by Gasteiger charge is 2.54. The highest BCUT2D eigenvalue weighted by Crippen LogP contribution is 2.39. The van der Waals surface area contributed by atoms with Crippen molar-refractivity contribution in [3.8, 4) is 0 Å². The van der Waals surface area contributed by atoms with Gasteiger partial charge in [0.1, 0.15) is 11.8 Å². The van der Waals surface area contributed by atoms with E-state index in [0.29, 0.717) is 31.5 Å². The topological polar surface area (TPSA) is 92.1 Å². The Morgan fingerprint density at radius 3 is 2.28 bits per heavy atom. The summed E-state index contributed by atoms with van der Waals surface area (Å²) in [7, 11) is 0. The first-order valence-corrected chi connectivity index (χ1v) is 10.9. The molecule has 0 aliphatic carbocycles. The van der Waals surface area contributed by atoms with Crippen LogP contribution in [0.3, 0.4) is 0 Å². The van der Waals surface area contributed by atoms with Crippen molar-refractivity contribution >= 4 is 17.7 Å². The second kappa shape index (κ2) is 8.43. The highest BCUT2D eigenvalue weighted by atomic mass is 16.5. The summed E-state index contributed by atoms with van der Waals surface area (Å²) in [6.07, 6.45) is 2.30. The smallest absolute Gasteiger partial charge is 0.289 e. The molecule has 3 amide bonds. The average Bonchev–Trinajstić information content (AvgIpc) is 3.42. The number of hydrogen-bond donors (Lipinski definition) is 1. The van der Waals surface area contributed by atoms with Crippen LogP contribution in [0.15, 0.2) is 53.1 Å². The molecule has 0 saturated carbocycles. The summed E-state index contributed by atoms with van der Waals surface area (Å²) in [6, 6.07) is 11.5. The predicted octanol–water partition coefficient (Wildman–Crippen LogP) is 2.67. The second-order valence-corrected chi connectivity index (χ2v) is 9.32. The zero-order valence-corrected chi connectivity index (χ0v) is 18.7. The number of piperidine rings is 1. The maximum Gasteiger partial charge on any atom is 0.289 e. The van der Waals surface area contributed by atoms with E-state index in [1.807, 2.05) is 26.8 Å². The Kier molecular flexibility index (Phi) is 5.81. The van der Waals surface area contributed by atoms with E-state index in [0.717, 1.165) is 0 Å². The summed E-state index contributed by atoms with van der Waals surface area (Å²) < 4.78 is 11.4. The maximum absolute atomic E-state index is 13.6. The summed E-state index contributed by atoms with van der Waals surface area (Å²) in [5.41, 5.74) is -0.875. The van der Waals surface area contributed by atoms with Gasteiger partial charge in [-0.3, -0.25) is 19.3 Å². The lowest BCUT2D eigenvalue weighted by Gasteiger charge is -2.44. The molecule has 1 N–H and O–H groups in total. The number of nitrogens with one attached hydrogen (secondary N) is 1. The fraction of sp³-hybridized carbons (Fsp3) is 0.458. The number of likely N-dealkylation sites (tertiary alicyclic amines) is 1. The molecule has 0 bridgehead atoms. The number of hydrogen-bond acceptors (Lipinski definition) is 5. The van der Waals surface area contributed by atoms with Crippen molar-refractivity contribution in [1.29, 1.82) is 0 Å². The Bertz CT molecular complexity index is 973. The fourth-order valence-corrected chi connectivity index (χ4v) is 4.35. The van der Waals surface area contributed by atoms with Crippen molar-refractivity contribution in [1.82, 2.24) is 15.1 Å². The zero-order valence-electron chi connectivity index (χ0n) is 18.7. The van der Waals surface area contributed by atoms with Gasteiger partial charge in [-0.25, -0.2) is 0 Å². The molecule has 170 valence electrons. The van der Waals surface area contributed by atoms with Crippen molar-refractivity contribution < 1.29 is 23.5 Å². The average molecular weight is 440 g/mol. The number of amides is 3. The molecule has 2 aromatic rings. The standard InChI is InChI=1S/C24H29N3O5/c1-23(2,3)25-20(28)18-16-32-24(27(18)21(29)17-8-5-4-6-9-17)11-13-26(14-12-24)22(30)19-10-7-15-31-19/h4-10,15,18H,11-14,16H2,1-3H3,(H,25,28). The lowest BCUT2D eigenvalue weighted by Crippen LogP contribution is -2.60. The van der Waals surface area contributed by atoms with Crippen molar-refractivity contribution in [3.05, 3.63) is 60.1 Å². The van der Waals surface area contributed by atoms with Crippen LogP contribution < -0.4 is 5.32 Å². The van der Waals surface area contributed by atoms with Crippen molar-refractivity contribution in [2.45, 2.75) is 50.9 Å². The molecule has 8 nitrogen and oxygen atoms in total. The number of carbonyl (C=O) groups excluding carboxylic acids is 3. The minimum absolute atomic E-state index is 0.118. The number of rotatable bonds is 3. The monoisotopic (exact) mass is 439 g/mol. The third kappa shape index (κ3) is 4.27. The molecule has 2 aliphatic heterocycles. The number of ether oxygens (including phenoxy) is 1. The van der Waals surface area contributed by atoms with E-state index >= 15 is 0 Å². The van der Waals surface area contributed by atoms with Gasteiger partial charge in [0.05, 0.1) is 12.9 Å². The van der Waals surface area contributed by atoms with Gasteiger partial charge in [-0.05, 0) is 45.0 Å². The van der Waals surface area contributed by atoms with E-state index in [9.17, 15) is 14.4 Å². The summed E-state index contributed by atoms with van der Waals surface area (Å²) in [4.78, 5) is 42.6. The Morgan fingerprint density at radius 1 is 1.00 bits per heavy atom. The Labute approximate surface area is 187 Å². The molecule has 2 aliphatic rings. The van der Waals surface area contributed by atoms with Gasteiger partial charge in [-0.15, -0.1) is 0 Å². The Hall–Kier alpha value is -3.13. The third-order valence-electron chi connectivity index (χ3n) is 5.86. The molecular weight excluding hydrogens is 410 g/mol. The van der Waals surface area contributed by atoms with E-state index in [-0.39, 0.29) is 30.1 Å². The molecule has 1 aromatic carbocycles. The van der Waals surface area contributed by atoms with Crippen molar-refractivity contribution in [2.24, 2.45) is 0 Å². The Morgan fingerprint density at radius 2 is 1.69 bits per heavy atom. The molecular formula is C24H29N3O5. The lowest BCUT2D eigenvalue weighted by atomic mass is 9.96. The quantitative estimate of drug-likeness (QED) is 0.794. The first kappa shape index (κ1) is 22.1. The van der Waals surface area contributed by atoms with Crippen LogP contribution in [-0.4, -0.2) is 64.5 Å². The Balaban J connectivity index is 1.58. The number of benzene rings is 1. The normalized spacial score (nSPS) is 20.4. The largest absolute Gasteiger partial charge is 0.459 e. The van der Waals surface area contributed by atoms with Crippen LogP contribution >= 0.6 is 0 Å².